The third-order valence-corrected chi connectivity index (χ3v) is 2.84. The van der Waals surface area contributed by atoms with E-state index in [2.05, 4.69) is 11.4 Å². The molecule has 0 saturated carbocycles. The third-order valence-electron chi connectivity index (χ3n) is 2.61. The maximum Gasteiger partial charge on any atom is 0.127 e. The van der Waals surface area contributed by atoms with Crippen LogP contribution in [-0.2, 0) is 0 Å². The van der Waals surface area contributed by atoms with Gasteiger partial charge in [0.05, 0.1) is 0 Å². The van der Waals surface area contributed by atoms with Crippen LogP contribution in [0.5, 0.6) is 5.75 Å². The summed E-state index contributed by atoms with van der Waals surface area (Å²) in [5, 5.41) is 12.7. The average molecular weight is 254 g/mol. The van der Waals surface area contributed by atoms with E-state index in [9.17, 15) is 0 Å². The number of fused-ring (bicyclic) bond motifs is 1. The van der Waals surface area contributed by atoms with E-state index in [1.807, 2.05) is 18.2 Å². The first-order valence-corrected chi connectivity index (χ1v) is 6.11. The Morgan fingerprint density at radius 2 is 2.29 bits per heavy atom. The Morgan fingerprint density at radius 1 is 1.41 bits per heavy atom. The lowest BCUT2D eigenvalue weighted by Crippen LogP contribution is -2.23. The molecule has 0 aliphatic carbocycles. The minimum Gasteiger partial charge on any atom is -0.489 e. The predicted octanol–water partition coefficient (Wildman–Crippen LogP) is 2.09. The van der Waals surface area contributed by atoms with Crippen molar-refractivity contribution in [3.8, 4) is 5.75 Å². The summed E-state index contributed by atoms with van der Waals surface area (Å²) < 4.78 is 5.63. The lowest BCUT2D eigenvalue weighted by atomic mass is 10.1. The van der Waals surface area contributed by atoms with Crippen molar-refractivity contribution in [1.29, 1.82) is 0 Å². The number of benzene rings is 1. The van der Waals surface area contributed by atoms with Crippen LogP contribution in [0.3, 0.4) is 0 Å². The monoisotopic (exact) mass is 253 g/mol. The van der Waals surface area contributed by atoms with Gasteiger partial charge in [-0.25, -0.2) is 0 Å². The summed E-state index contributed by atoms with van der Waals surface area (Å²) >= 11 is 5.94. The molecule has 0 amide bonds. The summed E-state index contributed by atoms with van der Waals surface area (Å²) in [5.41, 5.74) is 2.22. The maximum atomic E-state index is 8.67. The normalized spacial score (nSPS) is 13.9. The number of ether oxygens (including phenoxy) is 1. The summed E-state index contributed by atoms with van der Waals surface area (Å²) in [6.07, 6.45) is 2.88. The Labute approximate surface area is 106 Å². The van der Waals surface area contributed by atoms with Gasteiger partial charge in [0.25, 0.3) is 0 Å². The van der Waals surface area contributed by atoms with Gasteiger partial charge in [-0.15, -0.1) is 0 Å². The molecule has 0 aromatic heterocycles. The second-order valence-electron chi connectivity index (χ2n) is 4.03. The van der Waals surface area contributed by atoms with Crippen molar-refractivity contribution in [3.63, 3.8) is 0 Å². The summed E-state index contributed by atoms with van der Waals surface area (Å²) in [5.74, 6) is 0.883. The van der Waals surface area contributed by atoms with E-state index in [0.29, 0.717) is 6.61 Å². The largest absolute Gasteiger partial charge is 0.489 e. The zero-order valence-electron chi connectivity index (χ0n) is 9.58. The van der Waals surface area contributed by atoms with Crippen molar-refractivity contribution < 1.29 is 9.84 Å². The van der Waals surface area contributed by atoms with E-state index in [1.54, 1.807) is 0 Å². The average Bonchev–Trinajstić information content (AvgIpc) is 2.34. The van der Waals surface area contributed by atoms with Crippen LogP contribution in [0.25, 0.3) is 6.08 Å². The highest BCUT2D eigenvalue weighted by Crippen LogP contribution is 2.28. The standard InChI is InChI=1S/C13H16ClNO2/c14-12-2-3-13-11(7-12)6-10(9-17-13)8-15-4-1-5-16/h2-3,6-7,15-16H,1,4-5,8-9H2. The van der Waals surface area contributed by atoms with Crippen molar-refractivity contribution >= 4 is 17.7 Å². The fourth-order valence-corrected chi connectivity index (χ4v) is 1.93. The summed E-state index contributed by atoms with van der Waals surface area (Å²) in [6, 6.07) is 5.63. The van der Waals surface area contributed by atoms with Gasteiger partial charge in [0, 0.05) is 23.7 Å². The van der Waals surface area contributed by atoms with E-state index in [0.717, 1.165) is 35.8 Å². The number of rotatable bonds is 5. The molecule has 3 nitrogen and oxygen atoms in total. The Hall–Kier alpha value is -1.03. The second-order valence-corrected chi connectivity index (χ2v) is 4.46. The topological polar surface area (TPSA) is 41.5 Å². The molecule has 17 heavy (non-hydrogen) atoms. The Kier molecular flexibility index (Phi) is 4.42. The molecule has 0 unspecified atom stereocenters. The van der Waals surface area contributed by atoms with Gasteiger partial charge >= 0.3 is 0 Å². The lowest BCUT2D eigenvalue weighted by Gasteiger charge is -2.18. The van der Waals surface area contributed by atoms with Gasteiger partial charge in [-0.05, 0) is 42.8 Å². The second kappa shape index (κ2) is 6.05. The van der Waals surface area contributed by atoms with Crippen molar-refractivity contribution in [2.24, 2.45) is 0 Å². The van der Waals surface area contributed by atoms with Crippen LogP contribution in [0.2, 0.25) is 5.02 Å². The highest BCUT2D eigenvalue weighted by Gasteiger charge is 2.11. The zero-order valence-corrected chi connectivity index (χ0v) is 10.3. The van der Waals surface area contributed by atoms with Crippen LogP contribution >= 0.6 is 11.6 Å². The van der Waals surface area contributed by atoms with Crippen LogP contribution in [0, 0.1) is 0 Å². The number of hydrogen-bond acceptors (Lipinski definition) is 3. The molecule has 0 saturated heterocycles. The highest BCUT2D eigenvalue weighted by molar-refractivity contribution is 6.30. The van der Waals surface area contributed by atoms with Gasteiger partial charge in [0.15, 0.2) is 0 Å². The van der Waals surface area contributed by atoms with Crippen molar-refractivity contribution in [1.82, 2.24) is 5.32 Å². The Bertz CT molecular complexity index is 418. The molecule has 1 aliphatic rings. The number of nitrogens with one attached hydrogen (secondary N) is 1. The van der Waals surface area contributed by atoms with Gasteiger partial charge in [-0.1, -0.05) is 11.6 Å². The quantitative estimate of drug-likeness (QED) is 0.790. The van der Waals surface area contributed by atoms with Gasteiger partial charge in [0.2, 0.25) is 0 Å². The number of halogens is 1. The van der Waals surface area contributed by atoms with Crippen LogP contribution in [0.1, 0.15) is 12.0 Å². The first kappa shape index (κ1) is 12.4. The smallest absolute Gasteiger partial charge is 0.127 e. The molecular weight excluding hydrogens is 238 g/mol. The lowest BCUT2D eigenvalue weighted by molar-refractivity contribution is 0.286. The Morgan fingerprint density at radius 3 is 3.12 bits per heavy atom. The van der Waals surface area contributed by atoms with Crippen LogP contribution in [0.4, 0.5) is 0 Å². The molecule has 1 aromatic carbocycles. The predicted molar refractivity (Wildman–Crippen MR) is 69.5 cm³/mol. The molecule has 1 aromatic rings. The fourth-order valence-electron chi connectivity index (χ4n) is 1.75. The number of aliphatic hydroxyl groups is 1. The van der Waals surface area contributed by atoms with Crippen LogP contribution in [-0.4, -0.2) is 31.4 Å². The van der Waals surface area contributed by atoms with Gasteiger partial charge in [0.1, 0.15) is 12.4 Å². The van der Waals surface area contributed by atoms with Gasteiger partial charge < -0.3 is 15.2 Å². The zero-order chi connectivity index (χ0) is 12.1. The molecule has 0 fully saturated rings. The minimum atomic E-state index is 0.223. The molecule has 0 bridgehead atoms. The van der Waals surface area contributed by atoms with Gasteiger partial charge in [-0.2, -0.15) is 0 Å². The summed E-state index contributed by atoms with van der Waals surface area (Å²) in [7, 11) is 0. The van der Waals surface area contributed by atoms with E-state index in [1.165, 1.54) is 5.57 Å². The molecule has 92 valence electrons. The van der Waals surface area contributed by atoms with E-state index in [4.69, 9.17) is 21.4 Å². The van der Waals surface area contributed by atoms with Crippen LogP contribution in [0.15, 0.2) is 23.8 Å². The summed E-state index contributed by atoms with van der Waals surface area (Å²) in [4.78, 5) is 0. The molecule has 1 heterocycles. The van der Waals surface area contributed by atoms with Crippen molar-refractivity contribution in [2.45, 2.75) is 6.42 Å². The van der Waals surface area contributed by atoms with E-state index in [-0.39, 0.29) is 6.61 Å². The van der Waals surface area contributed by atoms with Crippen LogP contribution < -0.4 is 10.1 Å². The van der Waals surface area contributed by atoms with Crippen molar-refractivity contribution in [3.05, 3.63) is 34.4 Å². The Balaban J connectivity index is 1.97. The maximum absolute atomic E-state index is 8.67. The molecule has 0 spiro atoms. The van der Waals surface area contributed by atoms with Gasteiger partial charge in [-0.3, -0.25) is 0 Å². The molecule has 0 atom stereocenters. The first-order valence-electron chi connectivity index (χ1n) is 5.73. The van der Waals surface area contributed by atoms with Crippen molar-refractivity contribution in [2.75, 3.05) is 26.3 Å². The minimum absolute atomic E-state index is 0.223. The van der Waals surface area contributed by atoms with E-state index < -0.39 is 0 Å². The third kappa shape index (κ3) is 3.46. The van der Waals surface area contributed by atoms with E-state index >= 15 is 0 Å². The highest BCUT2D eigenvalue weighted by atomic mass is 35.5. The molecule has 0 radical (unpaired) electrons. The molecule has 4 heteroatoms. The SMILES string of the molecule is OCCCNCC1=Cc2cc(Cl)ccc2OC1. The molecule has 1 aliphatic heterocycles. The summed E-state index contributed by atoms with van der Waals surface area (Å²) in [6.45, 7) is 2.43. The first-order chi connectivity index (χ1) is 8.29. The molecule has 2 rings (SSSR count). The molecule has 2 N–H and O–H groups in total. The number of hydrogen-bond donors (Lipinski definition) is 2. The fraction of sp³-hybridized carbons (Fsp3) is 0.385. The molecular formula is C13H16ClNO2. The number of aliphatic hydroxyl groups excluding tert-OH is 1.